The van der Waals surface area contributed by atoms with Crippen molar-refractivity contribution in [3.05, 3.63) is 95.6 Å². The Hall–Kier alpha value is -3.74. The van der Waals surface area contributed by atoms with E-state index in [-0.39, 0.29) is 23.7 Å². The van der Waals surface area contributed by atoms with E-state index in [0.29, 0.717) is 5.75 Å². The van der Waals surface area contributed by atoms with Gasteiger partial charge in [-0.15, -0.1) is 0 Å². The molecule has 5 nitrogen and oxygen atoms in total. The number of amides is 1. The summed E-state index contributed by atoms with van der Waals surface area (Å²) in [6, 6.07) is 17.8. The summed E-state index contributed by atoms with van der Waals surface area (Å²) in [7, 11) is 0. The standard InChI is InChI=1S/C23H19F2NO4/c1-15(22(27)26-21-8-3-2-7-20(21)25)30-23(28)17-5-4-6-19(13-17)29-14-16-9-11-18(24)12-10-16/h2-13,15H,14H2,1H3,(H,26,27). The first-order chi connectivity index (χ1) is 14.4. The predicted molar refractivity (Wildman–Crippen MR) is 107 cm³/mol. The third kappa shape index (κ3) is 5.64. The number of carbonyl (C=O) groups is 2. The van der Waals surface area contributed by atoms with Crippen LogP contribution in [0.4, 0.5) is 14.5 Å². The quantitative estimate of drug-likeness (QED) is 0.571. The van der Waals surface area contributed by atoms with Crippen LogP contribution in [-0.4, -0.2) is 18.0 Å². The van der Waals surface area contributed by atoms with E-state index >= 15 is 0 Å². The molecular formula is C23H19F2NO4. The smallest absolute Gasteiger partial charge is 0.339 e. The van der Waals surface area contributed by atoms with Gasteiger partial charge in [0.1, 0.15) is 24.0 Å². The van der Waals surface area contributed by atoms with Crippen molar-refractivity contribution in [1.29, 1.82) is 0 Å². The summed E-state index contributed by atoms with van der Waals surface area (Å²) in [6.07, 6.45) is -1.14. The van der Waals surface area contributed by atoms with Crippen LogP contribution in [0.2, 0.25) is 0 Å². The molecule has 3 aromatic carbocycles. The molecule has 0 saturated heterocycles. The first-order valence-electron chi connectivity index (χ1n) is 9.16. The van der Waals surface area contributed by atoms with Crippen molar-refractivity contribution in [3.8, 4) is 5.75 Å². The van der Waals surface area contributed by atoms with E-state index in [1.165, 1.54) is 49.4 Å². The minimum Gasteiger partial charge on any atom is -0.489 e. The average molecular weight is 411 g/mol. The fourth-order valence-corrected chi connectivity index (χ4v) is 2.54. The summed E-state index contributed by atoms with van der Waals surface area (Å²) in [5.41, 5.74) is 0.960. The number of halogens is 2. The van der Waals surface area contributed by atoms with Crippen LogP contribution in [0, 0.1) is 11.6 Å². The molecule has 30 heavy (non-hydrogen) atoms. The van der Waals surface area contributed by atoms with Crippen LogP contribution < -0.4 is 10.1 Å². The molecule has 3 rings (SSSR count). The number of anilines is 1. The van der Waals surface area contributed by atoms with Gasteiger partial charge in [-0.05, 0) is 55.0 Å². The Morgan fingerprint density at radius 2 is 1.70 bits per heavy atom. The maximum absolute atomic E-state index is 13.6. The monoisotopic (exact) mass is 411 g/mol. The van der Waals surface area contributed by atoms with Crippen LogP contribution >= 0.6 is 0 Å². The summed E-state index contributed by atoms with van der Waals surface area (Å²) in [4.78, 5) is 24.5. The Kier molecular flexibility index (Phi) is 6.75. The lowest BCUT2D eigenvalue weighted by Gasteiger charge is -2.14. The highest BCUT2D eigenvalue weighted by Crippen LogP contribution is 2.18. The Morgan fingerprint density at radius 3 is 2.43 bits per heavy atom. The summed E-state index contributed by atoms with van der Waals surface area (Å²) in [5, 5.41) is 2.38. The molecule has 154 valence electrons. The van der Waals surface area contributed by atoms with E-state index < -0.39 is 23.8 Å². The average Bonchev–Trinajstić information content (AvgIpc) is 2.75. The van der Waals surface area contributed by atoms with Crippen molar-refractivity contribution < 1.29 is 27.8 Å². The van der Waals surface area contributed by atoms with Gasteiger partial charge in [0.25, 0.3) is 5.91 Å². The number of carbonyl (C=O) groups excluding carboxylic acids is 2. The van der Waals surface area contributed by atoms with Crippen molar-refractivity contribution in [2.75, 3.05) is 5.32 Å². The lowest BCUT2D eigenvalue weighted by molar-refractivity contribution is -0.123. The van der Waals surface area contributed by atoms with Crippen LogP contribution in [-0.2, 0) is 16.1 Å². The molecule has 1 unspecified atom stereocenters. The SMILES string of the molecule is CC(OC(=O)c1cccc(OCc2ccc(F)cc2)c1)C(=O)Nc1ccccc1F. The van der Waals surface area contributed by atoms with Gasteiger partial charge < -0.3 is 14.8 Å². The molecule has 0 aliphatic heterocycles. The van der Waals surface area contributed by atoms with Gasteiger partial charge in [-0.2, -0.15) is 0 Å². The number of benzene rings is 3. The van der Waals surface area contributed by atoms with E-state index in [0.717, 1.165) is 5.56 Å². The lowest BCUT2D eigenvalue weighted by Crippen LogP contribution is -2.30. The van der Waals surface area contributed by atoms with E-state index in [1.807, 2.05) is 0 Å². The number of esters is 1. The first kappa shape index (κ1) is 21.0. The van der Waals surface area contributed by atoms with Crippen molar-refractivity contribution in [2.24, 2.45) is 0 Å². The fourth-order valence-electron chi connectivity index (χ4n) is 2.54. The molecule has 3 aromatic rings. The zero-order valence-electron chi connectivity index (χ0n) is 16.1. The van der Waals surface area contributed by atoms with Gasteiger partial charge in [-0.3, -0.25) is 4.79 Å². The highest BCUT2D eigenvalue weighted by atomic mass is 19.1. The third-order valence-electron chi connectivity index (χ3n) is 4.17. The van der Waals surface area contributed by atoms with Crippen LogP contribution in [0.5, 0.6) is 5.75 Å². The summed E-state index contributed by atoms with van der Waals surface area (Å²) < 4.78 is 37.4. The van der Waals surface area contributed by atoms with Crippen molar-refractivity contribution >= 4 is 17.6 Å². The molecule has 0 spiro atoms. The number of nitrogens with one attached hydrogen (secondary N) is 1. The number of ether oxygens (including phenoxy) is 2. The molecular weight excluding hydrogens is 392 g/mol. The molecule has 0 heterocycles. The van der Waals surface area contributed by atoms with E-state index in [4.69, 9.17) is 9.47 Å². The molecule has 0 aliphatic carbocycles. The van der Waals surface area contributed by atoms with E-state index in [9.17, 15) is 18.4 Å². The van der Waals surface area contributed by atoms with E-state index in [1.54, 1.807) is 30.3 Å². The van der Waals surface area contributed by atoms with Gasteiger partial charge >= 0.3 is 5.97 Å². The minimum atomic E-state index is -1.14. The normalized spacial score (nSPS) is 11.4. The topological polar surface area (TPSA) is 64.6 Å². The second kappa shape index (κ2) is 9.65. The van der Waals surface area contributed by atoms with Crippen LogP contribution in [0.25, 0.3) is 0 Å². The molecule has 7 heteroatoms. The maximum Gasteiger partial charge on any atom is 0.339 e. The van der Waals surface area contributed by atoms with E-state index in [2.05, 4.69) is 5.32 Å². The highest BCUT2D eigenvalue weighted by molar-refractivity contribution is 5.97. The fraction of sp³-hybridized carbons (Fsp3) is 0.130. The lowest BCUT2D eigenvalue weighted by atomic mass is 10.2. The van der Waals surface area contributed by atoms with Crippen molar-refractivity contribution in [2.45, 2.75) is 19.6 Å². The molecule has 0 aliphatic rings. The Labute approximate surface area is 172 Å². The minimum absolute atomic E-state index is 0.00147. The molecule has 0 radical (unpaired) electrons. The van der Waals surface area contributed by atoms with Crippen LogP contribution in [0.1, 0.15) is 22.8 Å². The third-order valence-corrected chi connectivity index (χ3v) is 4.17. The van der Waals surface area contributed by atoms with Crippen molar-refractivity contribution in [1.82, 2.24) is 0 Å². The number of rotatable bonds is 7. The Morgan fingerprint density at radius 1 is 0.967 bits per heavy atom. The summed E-state index contributed by atoms with van der Waals surface area (Å²) in [6.45, 7) is 1.59. The largest absolute Gasteiger partial charge is 0.489 e. The maximum atomic E-state index is 13.6. The molecule has 1 N–H and O–H groups in total. The van der Waals surface area contributed by atoms with Gasteiger partial charge in [0.05, 0.1) is 11.3 Å². The van der Waals surface area contributed by atoms with Gasteiger partial charge in [-0.25, -0.2) is 13.6 Å². The predicted octanol–water partition coefficient (Wildman–Crippen LogP) is 4.73. The zero-order chi connectivity index (χ0) is 21.5. The summed E-state index contributed by atoms with van der Waals surface area (Å²) in [5.74, 6) is -1.89. The van der Waals surface area contributed by atoms with Crippen molar-refractivity contribution in [3.63, 3.8) is 0 Å². The van der Waals surface area contributed by atoms with Crippen LogP contribution in [0.15, 0.2) is 72.8 Å². The summed E-state index contributed by atoms with van der Waals surface area (Å²) >= 11 is 0. The number of hydrogen-bond acceptors (Lipinski definition) is 4. The molecule has 1 amide bonds. The Bertz CT molecular complexity index is 1040. The van der Waals surface area contributed by atoms with Crippen LogP contribution in [0.3, 0.4) is 0 Å². The highest BCUT2D eigenvalue weighted by Gasteiger charge is 2.20. The molecule has 1 atom stereocenters. The molecule has 0 aromatic heterocycles. The molecule has 0 fully saturated rings. The Balaban J connectivity index is 1.58. The number of para-hydroxylation sites is 1. The molecule has 0 bridgehead atoms. The van der Waals surface area contributed by atoms with Gasteiger partial charge in [0.2, 0.25) is 0 Å². The van der Waals surface area contributed by atoms with Gasteiger partial charge in [0.15, 0.2) is 6.10 Å². The van der Waals surface area contributed by atoms with Gasteiger partial charge in [-0.1, -0.05) is 30.3 Å². The second-order valence-corrected chi connectivity index (χ2v) is 6.46. The van der Waals surface area contributed by atoms with Gasteiger partial charge in [0, 0.05) is 0 Å². The molecule has 0 saturated carbocycles. The number of hydrogen-bond donors (Lipinski definition) is 1. The first-order valence-corrected chi connectivity index (χ1v) is 9.16. The second-order valence-electron chi connectivity index (χ2n) is 6.46. The zero-order valence-corrected chi connectivity index (χ0v) is 16.1.